The van der Waals surface area contributed by atoms with E-state index in [-0.39, 0.29) is 21.5 Å². The molecule has 3 aromatic carbocycles. The SMILES string of the molecule is O=C(c1ccc(Cl)cc1)c1ccc(Cc2c(Cl)cc([N+](=O)[O-])cc2Cl)cc1. The van der Waals surface area contributed by atoms with Gasteiger partial charge in [0.15, 0.2) is 5.78 Å². The monoisotopic (exact) mass is 419 g/mol. The molecular weight excluding hydrogens is 409 g/mol. The molecule has 0 heterocycles. The third kappa shape index (κ3) is 4.48. The quantitative estimate of drug-likeness (QED) is 0.273. The highest BCUT2D eigenvalue weighted by atomic mass is 35.5. The van der Waals surface area contributed by atoms with Gasteiger partial charge in [-0.25, -0.2) is 0 Å². The normalized spacial score (nSPS) is 10.6. The molecular formula is C20H12Cl3NO3. The summed E-state index contributed by atoms with van der Waals surface area (Å²) in [7, 11) is 0. The Morgan fingerprint density at radius 3 is 1.81 bits per heavy atom. The zero-order valence-corrected chi connectivity index (χ0v) is 16.1. The van der Waals surface area contributed by atoms with Crippen LogP contribution in [0, 0.1) is 10.1 Å². The number of rotatable bonds is 5. The Morgan fingerprint density at radius 2 is 1.33 bits per heavy atom. The van der Waals surface area contributed by atoms with Crippen LogP contribution in [0.25, 0.3) is 0 Å². The molecule has 0 unspecified atom stereocenters. The molecule has 0 aliphatic heterocycles. The van der Waals surface area contributed by atoms with Crippen LogP contribution in [0.1, 0.15) is 27.0 Å². The number of nitro benzene ring substituents is 1. The molecule has 0 radical (unpaired) electrons. The van der Waals surface area contributed by atoms with E-state index in [1.807, 2.05) is 0 Å². The fraction of sp³-hybridized carbons (Fsp3) is 0.0500. The minimum atomic E-state index is -0.543. The van der Waals surface area contributed by atoms with Crippen molar-refractivity contribution in [3.8, 4) is 0 Å². The summed E-state index contributed by atoms with van der Waals surface area (Å²) >= 11 is 18.1. The number of nitro groups is 1. The lowest BCUT2D eigenvalue weighted by Crippen LogP contribution is -2.01. The van der Waals surface area contributed by atoms with Gasteiger partial charge in [-0.2, -0.15) is 0 Å². The van der Waals surface area contributed by atoms with Crippen LogP contribution in [0.3, 0.4) is 0 Å². The average Bonchev–Trinajstić information content (AvgIpc) is 2.65. The molecule has 0 aromatic heterocycles. The van der Waals surface area contributed by atoms with Gasteiger partial charge in [-0.15, -0.1) is 0 Å². The summed E-state index contributed by atoms with van der Waals surface area (Å²) in [5.74, 6) is -0.107. The van der Waals surface area contributed by atoms with Crippen molar-refractivity contribution in [2.24, 2.45) is 0 Å². The third-order valence-electron chi connectivity index (χ3n) is 4.04. The number of hydrogen-bond acceptors (Lipinski definition) is 3. The first kappa shape index (κ1) is 19.4. The van der Waals surface area contributed by atoms with Crippen molar-refractivity contribution in [2.75, 3.05) is 0 Å². The molecule has 0 saturated carbocycles. The molecule has 27 heavy (non-hydrogen) atoms. The van der Waals surface area contributed by atoms with Crippen LogP contribution in [-0.2, 0) is 6.42 Å². The van der Waals surface area contributed by atoms with E-state index < -0.39 is 4.92 Å². The standard InChI is InChI=1S/C20H12Cl3NO3/c21-15-7-5-14(6-8-15)20(25)13-3-1-12(2-4-13)9-17-18(22)10-16(24(26)27)11-19(17)23/h1-8,10-11H,9H2. The summed E-state index contributed by atoms with van der Waals surface area (Å²) in [5, 5.41) is 11.9. The van der Waals surface area contributed by atoms with Crippen LogP contribution >= 0.6 is 34.8 Å². The molecule has 0 amide bonds. The Kier molecular flexibility index (Phi) is 5.80. The molecule has 3 aromatic rings. The third-order valence-corrected chi connectivity index (χ3v) is 4.97. The Labute approximate surface area is 170 Å². The number of carbonyl (C=O) groups excluding carboxylic acids is 1. The van der Waals surface area contributed by atoms with Gasteiger partial charge in [0.05, 0.1) is 15.0 Å². The van der Waals surface area contributed by atoms with Gasteiger partial charge >= 0.3 is 0 Å². The van der Waals surface area contributed by atoms with Crippen molar-refractivity contribution in [1.29, 1.82) is 0 Å². The van der Waals surface area contributed by atoms with Crippen molar-refractivity contribution >= 4 is 46.3 Å². The van der Waals surface area contributed by atoms with Crippen molar-refractivity contribution in [3.63, 3.8) is 0 Å². The summed E-state index contributed by atoms with van der Waals surface area (Å²) in [6.07, 6.45) is 0.394. The summed E-state index contributed by atoms with van der Waals surface area (Å²) in [4.78, 5) is 22.8. The fourth-order valence-corrected chi connectivity index (χ4v) is 3.35. The highest BCUT2D eigenvalue weighted by Gasteiger charge is 2.15. The van der Waals surface area contributed by atoms with Crippen LogP contribution in [0.15, 0.2) is 60.7 Å². The van der Waals surface area contributed by atoms with Gasteiger partial charge in [-0.1, -0.05) is 59.1 Å². The second-order valence-electron chi connectivity index (χ2n) is 5.85. The molecule has 0 bridgehead atoms. The Bertz CT molecular complexity index is 993. The maximum atomic E-state index is 12.5. The molecule has 0 N–H and O–H groups in total. The maximum absolute atomic E-state index is 12.5. The summed E-state index contributed by atoms with van der Waals surface area (Å²) in [6, 6.07) is 16.3. The number of nitrogens with zero attached hydrogens (tertiary/aromatic N) is 1. The first-order valence-corrected chi connectivity index (χ1v) is 9.00. The molecule has 3 rings (SSSR count). The summed E-state index contributed by atoms with van der Waals surface area (Å²) < 4.78 is 0. The van der Waals surface area contributed by atoms with E-state index in [4.69, 9.17) is 34.8 Å². The minimum Gasteiger partial charge on any atom is -0.289 e. The van der Waals surface area contributed by atoms with E-state index >= 15 is 0 Å². The van der Waals surface area contributed by atoms with E-state index in [1.54, 1.807) is 48.5 Å². The summed E-state index contributed by atoms with van der Waals surface area (Å²) in [5.41, 5.74) is 2.41. The molecule has 4 nitrogen and oxygen atoms in total. The van der Waals surface area contributed by atoms with Crippen LogP contribution in [-0.4, -0.2) is 10.7 Å². The lowest BCUT2D eigenvalue weighted by Gasteiger charge is -2.08. The molecule has 0 fully saturated rings. The molecule has 136 valence electrons. The van der Waals surface area contributed by atoms with Crippen LogP contribution in [0.4, 0.5) is 5.69 Å². The Hall–Kier alpha value is -2.40. The smallest absolute Gasteiger partial charge is 0.272 e. The van der Waals surface area contributed by atoms with Gasteiger partial charge in [0.1, 0.15) is 0 Å². The molecule has 0 aliphatic carbocycles. The van der Waals surface area contributed by atoms with Gasteiger partial charge in [0, 0.05) is 34.7 Å². The lowest BCUT2D eigenvalue weighted by atomic mass is 9.99. The predicted octanol–water partition coefficient (Wildman–Crippen LogP) is 6.38. The van der Waals surface area contributed by atoms with Crippen LogP contribution in [0.5, 0.6) is 0 Å². The molecule has 0 aliphatic rings. The van der Waals surface area contributed by atoms with Gasteiger partial charge in [-0.3, -0.25) is 14.9 Å². The number of benzene rings is 3. The highest BCUT2D eigenvalue weighted by Crippen LogP contribution is 2.32. The second kappa shape index (κ2) is 8.09. The zero-order valence-electron chi connectivity index (χ0n) is 13.8. The molecule has 0 atom stereocenters. The van der Waals surface area contributed by atoms with E-state index in [9.17, 15) is 14.9 Å². The second-order valence-corrected chi connectivity index (χ2v) is 7.11. The topological polar surface area (TPSA) is 60.2 Å². The van der Waals surface area contributed by atoms with Crippen molar-refractivity contribution < 1.29 is 9.72 Å². The van der Waals surface area contributed by atoms with Crippen molar-refractivity contribution in [1.82, 2.24) is 0 Å². The van der Waals surface area contributed by atoms with Crippen molar-refractivity contribution in [3.05, 3.63) is 108 Å². The number of hydrogen-bond donors (Lipinski definition) is 0. The van der Waals surface area contributed by atoms with E-state index in [1.165, 1.54) is 12.1 Å². The first-order valence-electron chi connectivity index (χ1n) is 7.86. The molecule has 7 heteroatoms. The summed E-state index contributed by atoms with van der Waals surface area (Å²) in [6.45, 7) is 0. The fourth-order valence-electron chi connectivity index (χ4n) is 2.61. The van der Waals surface area contributed by atoms with Crippen molar-refractivity contribution in [2.45, 2.75) is 6.42 Å². The number of non-ortho nitro benzene ring substituents is 1. The average molecular weight is 421 g/mol. The van der Waals surface area contributed by atoms with Gasteiger partial charge < -0.3 is 0 Å². The van der Waals surface area contributed by atoms with Crippen LogP contribution in [0.2, 0.25) is 15.1 Å². The Balaban J connectivity index is 1.81. The highest BCUT2D eigenvalue weighted by molar-refractivity contribution is 6.36. The zero-order chi connectivity index (χ0) is 19.6. The van der Waals surface area contributed by atoms with Crippen LogP contribution < -0.4 is 0 Å². The van der Waals surface area contributed by atoms with E-state index in [0.717, 1.165) is 5.56 Å². The molecule has 0 spiro atoms. The molecule has 0 saturated heterocycles. The predicted molar refractivity (Wildman–Crippen MR) is 107 cm³/mol. The van der Waals surface area contributed by atoms with Gasteiger partial charge in [0.2, 0.25) is 0 Å². The largest absolute Gasteiger partial charge is 0.289 e. The van der Waals surface area contributed by atoms with E-state index in [0.29, 0.717) is 28.1 Å². The number of halogens is 3. The van der Waals surface area contributed by atoms with E-state index in [2.05, 4.69) is 0 Å². The Morgan fingerprint density at radius 1 is 0.852 bits per heavy atom. The maximum Gasteiger partial charge on any atom is 0.272 e. The van der Waals surface area contributed by atoms with Gasteiger partial charge in [-0.05, 0) is 35.4 Å². The minimum absolute atomic E-state index is 0.107. The van der Waals surface area contributed by atoms with Gasteiger partial charge in [0.25, 0.3) is 5.69 Å². The number of carbonyl (C=O) groups is 1. The first-order chi connectivity index (χ1) is 12.8. The lowest BCUT2D eigenvalue weighted by molar-refractivity contribution is -0.384. The number of ketones is 1.